The van der Waals surface area contributed by atoms with Crippen LogP contribution in [0.4, 0.5) is 4.79 Å². The predicted octanol–water partition coefficient (Wildman–Crippen LogP) is 2.87. The third-order valence-electron chi connectivity index (χ3n) is 5.03. The number of amides is 2. The van der Waals surface area contributed by atoms with Gasteiger partial charge in [0, 0.05) is 6.54 Å². The Morgan fingerprint density at radius 1 is 1.23 bits per heavy atom. The molecular formula is C20H27N3O3. The highest BCUT2D eigenvalue weighted by Gasteiger charge is 2.40. The van der Waals surface area contributed by atoms with E-state index in [0.717, 1.165) is 37.1 Å². The van der Waals surface area contributed by atoms with E-state index in [-0.39, 0.29) is 12.0 Å². The molecule has 2 unspecified atom stereocenters. The minimum Gasteiger partial charge on any atom is -0.465 e. The molecule has 1 aromatic carbocycles. The first-order valence-corrected chi connectivity index (χ1v) is 9.42. The smallest absolute Gasteiger partial charge is 0.341 e. The predicted molar refractivity (Wildman–Crippen MR) is 100 cm³/mol. The maximum absolute atomic E-state index is 12.7. The lowest BCUT2D eigenvalue weighted by Crippen LogP contribution is -2.49. The van der Waals surface area contributed by atoms with Gasteiger partial charge in [-0.05, 0) is 45.3 Å². The molecular weight excluding hydrogens is 330 g/mol. The van der Waals surface area contributed by atoms with Gasteiger partial charge in [0.05, 0.1) is 18.4 Å². The van der Waals surface area contributed by atoms with Crippen molar-refractivity contribution in [1.82, 2.24) is 10.2 Å². The first-order chi connectivity index (χ1) is 12.6. The van der Waals surface area contributed by atoms with Gasteiger partial charge >= 0.3 is 12.0 Å². The number of piperidine rings is 1. The molecule has 1 fully saturated rings. The number of likely N-dealkylation sites (tertiary alicyclic amines) is 1. The summed E-state index contributed by atoms with van der Waals surface area (Å²) in [5.41, 5.74) is 2.64. The van der Waals surface area contributed by atoms with Gasteiger partial charge in [-0.3, -0.25) is 9.69 Å². The van der Waals surface area contributed by atoms with Crippen LogP contribution in [0.2, 0.25) is 0 Å². The Bertz CT molecular complexity index is 678. The van der Waals surface area contributed by atoms with E-state index in [9.17, 15) is 9.59 Å². The largest absolute Gasteiger partial charge is 0.465 e. The lowest BCUT2D eigenvalue weighted by atomic mass is 9.87. The minimum absolute atomic E-state index is 0.306. The minimum atomic E-state index is -0.586. The highest BCUT2D eigenvalue weighted by atomic mass is 16.5. The second-order valence-corrected chi connectivity index (χ2v) is 7.01. The van der Waals surface area contributed by atoms with Crippen LogP contribution in [0.15, 0.2) is 29.3 Å². The molecule has 0 aromatic heterocycles. The monoisotopic (exact) mass is 357 g/mol. The van der Waals surface area contributed by atoms with Crippen LogP contribution in [0.5, 0.6) is 0 Å². The third-order valence-corrected chi connectivity index (χ3v) is 5.03. The Morgan fingerprint density at radius 2 is 1.92 bits per heavy atom. The number of hydrogen-bond donors (Lipinski definition) is 1. The van der Waals surface area contributed by atoms with Gasteiger partial charge in [-0.15, -0.1) is 0 Å². The van der Waals surface area contributed by atoms with Crippen molar-refractivity contribution >= 4 is 17.7 Å². The summed E-state index contributed by atoms with van der Waals surface area (Å²) in [6.07, 6.45) is 3.52. The average molecular weight is 357 g/mol. The van der Waals surface area contributed by atoms with Crippen LogP contribution in [0.1, 0.15) is 43.4 Å². The number of hydrogen-bond acceptors (Lipinski definition) is 4. The number of carbonyl (C=O) groups is 2. The van der Waals surface area contributed by atoms with Gasteiger partial charge in [0.2, 0.25) is 0 Å². The molecule has 6 heteroatoms. The Labute approximate surface area is 154 Å². The molecule has 0 aliphatic carbocycles. The second kappa shape index (κ2) is 8.45. The van der Waals surface area contributed by atoms with Crippen LogP contribution in [0, 0.1) is 12.8 Å². The molecule has 2 amide bonds. The van der Waals surface area contributed by atoms with Crippen molar-refractivity contribution in [2.24, 2.45) is 10.9 Å². The summed E-state index contributed by atoms with van der Waals surface area (Å²) in [6, 6.07) is 7.05. The van der Waals surface area contributed by atoms with E-state index >= 15 is 0 Å². The number of aryl methyl sites for hydroxylation is 1. The Balaban J connectivity index is 1.90. The first-order valence-electron chi connectivity index (χ1n) is 9.42. The third kappa shape index (κ3) is 4.30. The molecule has 0 saturated carbocycles. The Morgan fingerprint density at radius 3 is 2.58 bits per heavy atom. The van der Waals surface area contributed by atoms with Crippen LogP contribution in [-0.4, -0.2) is 48.9 Å². The topological polar surface area (TPSA) is 71.0 Å². The molecule has 1 N–H and O–H groups in total. The number of urea groups is 1. The molecule has 1 saturated heterocycles. The fourth-order valence-corrected chi connectivity index (χ4v) is 3.68. The summed E-state index contributed by atoms with van der Waals surface area (Å²) in [5, 5.41) is 2.86. The Kier molecular flexibility index (Phi) is 6.04. The zero-order valence-corrected chi connectivity index (χ0v) is 15.5. The molecule has 0 spiro atoms. The van der Waals surface area contributed by atoms with Gasteiger partial charge < -0.3 is 10.1 Å². The molecule has 2 atom stereocenters. The van der Waals surface area contributed by atoms with Crippen LogP contribution in [0.3, 0.4) is 0 Å². The van der Waals surface area contributed by atoms with E-state index in [0.29, 0.717) is 18.9 Å². The van der Waals surface area contributed by atoms with Crippen LogP contribution < -0.4 is 5.32 Å². The molecule has 26 heavy (non-hydrogen) atoms. The summed E-state index contributed by atoms with van der Waals surface area (Å²) in [7, 11) is 0. The quantitative estimate of drug-likeness (QED) is 0.823. The summed E-state index contributed by atoms with van der Waals surface area (Å²) in [5.74, 6) is -0.911. The molecule has 140 valence electrons. The summed E-state index contributed by atoms with van der Waals surface area (Å²) in [6.45, 7) is 6.61. The molecule has 2 heterocycles. The summed E-state index contributed by atoms with van der Waals surface area (Å²) >= 11 is 0. The molecule has 0 radical (unpaired) electrons. The maximum atomic E-state index is 12.7. The highest BCUT2D eigenvalue weighted by molar-refractivity contribution is 6.10. The van der Waals surface area contributed by atoms with Crippen molar-refractivity contribution in [3.8, 4) is 0 Å². The van der Waals surface area contributed by atoms with Gasteiger partial charge in [-0.1, -0.05) is 36.2 Å². The first kappa shape index (κ1) is 18.6. The lowest BCUT2D eigenvalue weighted by molar-refractivity contribution is -0.146. The Hall–Kier alpha value is -2.21. The second-order valence-electron chi connectivity index (χ2n) is 7.01. The number of rotatable bonds is 5. The van der Waals surface area contributed by atoms with E-state index in [4.69, 9.17) is 4.74 Å². The van der Waals surface area contributed by atoms with Crippen LogP contribution >= 0.6 is 0 Å². The number of aliphatic imine (C=N–C) groups is 1. The number of esters is 1. The molecule has 0 bridgehead atoms. The molecule has 1 aromatic rings. The SMILES string of the molecule is CCOC(=O)C1C(CN2CCCCC2)=NC(=O)NC1c1ccc(C)cc1. The number of nitrogens with one attached hydrogen (secondary N) is 1. The van der Waals surface area contributed by atoms with E-state index < -0.39 is 12.0 Å². The van der Waals surface area contributed by atoms with E-state index in [1.54, 1.807) is 6.92 Å². The number of carbonyl (C=O) groups excluding carboxylic acids is 2. The van der Waals surface area contributed by atoms with E-state index in [1.165, 1.54) is 6.42 Å². The van der Waals surface area contributed by atoms with Gasteiger partial charge in [0.15, 0.2) is 0 Å². The van der Waals surface area contributed by atoms with Crippen molar-refractivity contribution < 1.29 is 14.3 Å². The zero-order chi connectivity index (χ0) is 18.5. The van der Waals surface area contributed by atoms with Crippen LogP contribution in [0.25, 0.3) is 0 Å². The van der Waals surface area contributed by atoms with Gasteiger partial charge in [-0.25, -0.2) is 9.79 Å². The fourth-order valence-electron chi connectivity index (χ4n) is 3.68. The van der Waals surface area contributed by atoms with Crippen molar-refractivity contribution in [3.05, 3.63) is 35.4 Å². The molecule has 3 rings (SSSR count). The zero-order valence-electron chi connectivity index (χ0n) is 15.5. The van der Waals surface area contributed by atoms with Crippen molar-refractivity contribution in [2.75, 3.05) is 26.2 Å². The molecule has 2 aliphatic heterocycles. The van der Waals surface area contributed by atoms with Crippen molar-refractivity contribution in [1.29, 1.82) is 0 Å². The van der Waals surface area contributed by atoms with Gasteiger partial charge in [0.1, 0.15) is 5.92 Å². The van der Waals surface area contributed by atoms with Gasteiger partial charge in [-0.2, -0.15) is 0 Å². The lowest BCUT2D eigenvalue weighted by Gasteiger charge is -2.34. The maximum Gasteiger partial charge on any atom is 0.341 e. The molecule has 6 nitrogen and oxygen atoms in total. The van der Waals surface area contributed by atoms with Crippen molar-refractivity contribution in [3.63, 3.8) is 0 Å². The average Bonchev–Trinajstić information content (AvgIpc) is 2.63. The molecule has 2 aliphatic rings. The van der Waals surface area contributed by atoms with Gasteiger partial charge in [0.25, 0.3) is 0 Å². The van der Waals surface area contributed by atoms with E-state index in [1.807, 2.05) is 31.2 Å². The number of benzene rings is 1. The number of nitrogens with zero attached hydrogens (tertiary/aromatic N) is 2. The summed E-state index contributed by atoms with van der Waals surface area (Å²) < 4.78 is 5.32. The fraction of sp³-hybridized carbons (Fsp3) is 0.550. The number of ether oxygens (including phenoxy) is 1. The normalized spacial score (nSPS) is 23.9. The van der Waals surface area contributed by atoms with Crippen LogP contribution in [-0.2, 0) is 9.53 Å². The van der Waals surface area contributed by atoms with Crippen molar-refractivity contribution in [2.45, 2.75) is 39.2 Å². The van der Waals surface area contributed by atoms with E-state index in [2.05, 4.69) is 15.2 Å². The highest BCUT2D eigenvalue weighted by Crippen LogP contribution is 2.29. The summed E-state index contributed by atoms with van der Waals surface area (Å²) in [4.78, 5) is 31.4. The standard InChI is InChI=1S/C20H27N3O3/c1-3-26-19(24)17-16(13-23-11-5-4-6-12-23)21-20(25)22-18(17)15-9-7-14(2)8-10-15/h7-10,17-18H,3-6,11-13H2,1-2H3,(H,22,25).